The molecule has 1 aromatic rings. The van der Waals surface area contributed by atoms with Crippen LogP contribution in [0, 0.1) is 0 Å². The highest BCUT2D eigenvalue weighted by Crippen LogP contribution is 1.67. The number of aromatic amines is 1. The van der Waals surface area contributed by atoms with Crippen molar-refractivity contribution >= 4 is 11.6 Å². The van der Waals surface area contributed by atoms with Crippen molar-refractivity contribution in [1.82, 2.24) is 9.97 Å². The molecule has 0 radical (unpaired) electrons. The van der Waals surface area contributed by atoms with Crippen LogP contribution in [0.1, 0.15) is 0 Å². The second kappa shape index (κ2) is 7.24. The summed E-state index contributed by atoms with van der Waals surface area (Å²) in [5, 5.41) is 0. The number of hydrogen-bond donors (Lipinski definition) is 1. The third-order valence-electron chi connectivity index (χ3n) is 0.515. The first kappa shape index (κ1) is 8.24. The molecular formula is C6H9ClN2. The molecule has 1 heterocycles. The molecule has 0 fully saturated rings. The van der Waals surface area contributed by atoms with E-state index in [0.717, 1.165) is 0 Å². The maximum Gasteiger partial charge on any atom is 0.0919 e. The summed E-state index contributed by atoms with van der Waals surface area (Å²) in [5.74, 6) is 0.556. The summed E-state index contributed by atoms with van der Waals surface area (Å²) in [6.07, 6.45) is 6.72. The second-order valence-electron chi connectivity index (χ2n) is 1.20. The summed E-state index contributed by atoms with van der Waals surface area (Å²) in [6.45, 7) is 3.35. The lowest BCUT2D eigenvalue weighted by Gasteiger charge is -1.55. The van der Waals surface area contributed by atoms with Crippen molar-refractivity contribution in [3.05, 3.63) is 31.4 Å². The van der Waals surface area contributed by atoms with Crippen molar-refractivity contribution in [2.75, 3.05) is 5.88 Å². The Labute approximate surface area is 59.6 Å². The van der Waals surface area contributed by atoms with Gasteiger partial charge in [0, 0.05) is 18.3 Å². The van der Waals surface area contributed by atoms with Gasteiger partial charge in [0.05, 0.1) is 6.33 Å². The molecule has 0 amide bonds. The van der Waals surface area contributed by atoms with Crippen LogP contribution in [0.5, 0.6) is 0 Å². The molecule has 0 aliphatic heterocycles. The Morgan fingerprint density at radius 2 is 2.44 bits per heavy atom. The molecule has 2 nitrogen and oxygen atoms in total. The zero-order valence-corrected chi connectivity index (χ0v) is 5.80. The molecule has 0 saturated heterocycles. The van der Waals surface area contributed by atoms with Gasteiger partial charge in [-0.2, -0.15) is 0 Å². The molecule has 1 aromatic heterocycles. The molecule has 1 N–H and O–H groups in total. The minimum absolute atomic E-state index is 0.556. The Kier molecular flexibility index (Phi) is 6.63. The molecule has 0 unspecified atom stereocenters. The van der Waals surface area contributed by atoms with Crippen LogP contribution in [-0.4, -0.2) is 15.8 Å². The summed E-state index contributed by atoms with van der Waals surface area (Å²) < 4.78 is 0. The Morgan fingerprint density at radius 3 is 2.56 bits per heavy atom. The minimum atomic E-state index is 0.556. The average molecular weight is 145 g/mol. The third kappa shape index (κ3) is 7.24. The van der Waals surface area contributed by atoms with E-state index in [1.807, 2.05) is 0 Å². The van der Waals surface area contributed by atoms with Crippen molar-refractivity contribution in [1.29, 1.82) is 0 Å². The number of imidazole rings is 1. The topological polar surface area (TPSA) is 28.7 Å². The summed E-state index contributed by atoms with van der Waals surface area (Å²) in [4.78, 5) is 6.42. The Morgan fingerprint density at radius 1 is 1.78 bits per heavy atom. The van der Waals surface area contributed by atoms with Crippen molar-refractivity contribution in [3.8, 4) is 0 Å². The smallest absolute Gasteiger partial charge is 0.0919 e. The molecule has 9 heavy (non-hydrogen) atoms. The Bertz CT molecular complexity index is 108. The number of allylic oxidation sites excluding steroid dienone is 1. The van der Waals surface area contributed by atoms with Gasteiger partial charge in [-0.3, -0.25) is 0 Å². The van der Waals surface area contributed by atoms with Gasteiger partial charge >= 0.3 is 0 Å². The van der Waals surface area contributed by atoms with Gasteiger partial charge in [0.15, 0.2) is 0 Å². The van der Waals surface area contributed by atoms with Crippen molar-refractivity contribution < 1.29 is 0 Å². The van der Waals surface area contributed by atoms with Crippen LogP contribution in [0.2, 0.25) is 0 Å². The normalized spacial score (nSPS) is 7.22. The molecular weight excluding hydrogens is 136 g/mol. The van der Waals surface area contributed by atoms with Crippen LogP contribution >= 0.6 is 11.6 Å². The fourth-order valence-electron chi connectivity index (χ4n) is 0.215. The quantitative estimate of drug-likeness (QED) is 0.473. The van der Waals surface area contributed by atoms with Crippen molar-refractivity contribution in [2.45, 2.75) is 0 Å². The first-order valence-electron chi connectivity index (χ1n) is 2.51. The van der Waals surface area contributed by atoms with Gasteiger partial charge in [0.2, 0.25) is 0 Å². The lowest BCUT2D eigenvalue weighted by atomic mass is 10.8. The Hall–Kier alpha value is -0.760. The standard InChI is InChI=1S/C3H5Cl.C3H4N2/c1-2-3-4;1-2-5-3-4-1/h2H,1,3H2;1-3H,(H,4,5). The summed E-state index contributed by atoms with van der Waals surface area (Å²) in [6, 6.07) is 0. The maximum atomic E-state index is 5.07. The molecule has 0 spiro atoms. The molecule has 0 aliphatic rings. The van der Waals surface area contributed by atoms with Gasteiger partial charge in [-0.1, -0.05) is 6.08 Å². The van der Waals surface area contributed by atoms with Gasteiger partial charge in [0.25, 0.3) is 0 Å². The first-order chi connectivity index (χ1) is 4.41. The SMILES string of the molecule is C=CCCl.c1c[nH]cn1. The van der Waals surface area contributed by atoms with Crippen molar-refractivity contribution in [2.24, 2.45) is 0 Å². The monoisotopic (exact) mass is 144 g/mol. The predicted molar refractivity (Wildman–Crippen MR) is 39.5 cm³/mol. The van der Waals surface area contributed by atoms with E-state index in [-0.39, 0.29) is 0 Å². The third-order valence-corrected chi connectivity index (χ3v) is 0.733. The van der Waals surface area contributed by atoms with E-state index in [0.29, 0.717) is 5.88 Å². The second-order valence-corrected chi connectivity index (χ2v) is 1.51. The fourth-order valence-corrected chi connectivity index (χ4v) is 0.215. The predicted octanol–water partition coefficient (Wildman–Crippen LogP) is 1.82. The van der Waals surface area contributed by atoms with E-state index in [1.165, 1.54) is 0 Å². The lowest BCUT2D eigenvalue weighted by Crippen LogP contribution is -1.45. The number of halogens is 1. The number of hydrogen-bond acceptors (Lipinski definition) is 1. The van der Waals surface area contributed by atoms with E-state index in [1.54, 1.807) is 24.8 Å². The van der Waals surface area contributed by atoms with Crippen molar-refractivity contribution in [3.63, 3.8) is 0 Å². The van der Waals surface area contributed by atoms with Gasteiger partial charge in [0.1, 0.15) is 0 Å². The van der Waals surface area contributed by atoms with Gasteiger partial charge in [-0.05, 0) is 0 Å². The van der Waals surface area contributed by atoms with Crippen LogP contribution in [0.3, 0.4) is 0 Å². The number of nitrogens with zero attached hydrogens (tertiary/aromatic N) is 1. The molecule has 50 valence electrons. The van der Waals surface area contributed by atoms with E-state index in [9.17, 15) is 0 Å². The average Bonchev–Trinajstić information content (AvgIpc) is 2.43. The molecule has 0 aromatic carbocycles. The van der Waals surface area contributed by atoms with Gasteiger partial charge in [-0.25, -0.2) is 4.98 Å². The minimum Gasteiger partial charge on any atom is -0.351 e. The maximum absolute atomic E-state index is 5.07. The molecule has 1 rings (SSSR count). The highest BCUT2D eigenvalue weighted by Gasteiger charge is 1.56. The van der Waals surface area contributed by atoms with E-state index < -0.39 is 0 Å². The zero-order chi connectivity index (χ0) is 6.95. The number of alkyl halides is 1. The number of H-pyrrole nitrogens is 1. The first-order valence-corrected chi connectivity index (χ1v) is 3.05. The van der Waals surface area contributed by atoms with Crippen LogP contribution in [-0.2, 0) is 0 Å². The lowest BCUT2D eigenvalue weighted by molar-refractivity contribution is 1.31. The van der Waals surface area contributed by atoms with E-state index >= 15 is 0 Å². The van der Waals surface area contributed by atoms with Gasteiger partial charge in [-0.15, -0.1) is 18.2 Å². The zero-order valence-electron chi connectivity index (χ0n) is 5.05. The summed E-state index contributed by atoms with van der Waals surface area (Å²) in [5.41, 5.74) is 0. The molecule has 3 heteroatoms. The largest absolute Gasteiger partial charge is 0.351 e. The Balaban J connectivity index is 0.000000148. The van der Waals surface area contributed by atoms with E-state index in [4.69, 9.17) is 11.6 Å². The molecule has 0 bridgehead atoms. The van der Waals surface area contributed by atoms with Crippen LogP contribution in [0.15, 0.2) is 31.4 Å². The highest BCUT2D eigenvalue weighted by molar-refractivity contribution is 6.18. The molecule has 0 aliphatic carbocycles. The van der Waals surface area contributed by atoms with Crippen LogP contribution < -0.4 is 0 Å². The van der Waals surface area contributed by atoms with Crippen LogP contribution in [0.4, 0.5) is 0 Å². The highest BCUT2D eigenvalue weighted by atomic mass is 35.5. The van der Waals surface area contributed by atoms with Gasteiger partial charge < -0.3 is 4.98 Å². The molecule has 0 atom stereocenters. The number of aromatic nitrogens is 2. The number of rotatable bonds is 1. The summed E-state index contributed by atoms with van der Waals surface area (Å²) in [7, 11) is 0. The molecule has 0 saturated carbocycles. The number of nitrogens with one attached hydrogen (secondary N) is 1. The fraction of sp³-hybridized carbons (Fsp3) is 0.167. The van der Waals surface area contributed by atoms with Crippen LogP contribution in [0.25, 0.3) is 0 Å². The summed E-state index contributed by atoms with van der Waals surface area (Å²) >= 11 is 5.07. The van der Waals surface area contributed by atoms with E-state index in [2.05, 4.69) is 16.5 Å².